The van der Waals surface area contributed by atoms with Gasteiger partial charge >= 0.3 is 0 Å². The maximum absolute atomic E-state index is 10.1. The summed E-state index contributed by atoms with van der Waals surface area (Å²) >= 11 is 0. The number of phenols is 1. The van der Waals surface area contributed by atoms with Gasteiger partial charge in [0.1, 0.15) is 34.8 Å². The third kappa shape index (κ3) is 3.19. The van der Waals surface area contributed by atoms with E-state index >= 15 is 0 Å². The molecule has 140 valence electrons. The molecule has 1 fully saturated rings. The summed E-state index contributed by atoms with van der Waals surface area (Å²) in [6.07, 6.45) is 1.43. The summed E-state index contributed by atoms with van der Waals surface area (Å²) in [7, 11) is 0. The van der Waals surface area contributed by atoms with Gasteiger partial charge in [0.15, 0.2) is 0 Å². The summed E-state index contributed by atoms with van der Waals surface area (Å²) in [5.41, 5.74) is 8.27. The van der Waals surface area contributed by atoms with Crippen LogP contribution in [0.25, 0.3) is 10.9 Å². The molecule has 0 saturated carbocycles. The van der Waals surface area contributed by atoms with E-state index in [1.807, 2.05) is 13.0 Å². The molecule has 1 aromatic carbocycles. The minimum atomic E-state index is 0.161. The molecule has 4 rings (SSSR count). The number of ether oxygens (including phenoxy) is 2. The fourth-order valence-corrected chi connectivity index (χ4v) is 3.16. The van der Waals surface area contributed by atoms with E-state index in [1.165, 1.54) is 6.33 Å². The van der Waals surface area contributed by atoms with Gasteiger partial charge in [-0.25, -0.2) is 9.97 Å². The fourth-order valence-electron chi connectivity index (χ4n) is 3.16. The number of fused-ring (bicyclic) bond motifs is 1. The van der Waals surface area contributed by atoms with E-state index in [-0.39, 0.29) is 5.75 Å². The van der Waals surface area contributed by atoms with Crippen LogP contribution in [0.4, 0.5) is 11.6 Å². The normalized spacial score (nSPS) is 14.5. The van der Waals surface area contributed by atoms with E-state index in [0.29, 0.717) is 47.1 Å². The second kappa shape index (κ2) is 6.88. The van der Waals surface area contributed by atoms with Crippen LogP contribution in [0.2, 0.25) is 0 Å². The van der Waals surface area contributed by atoms with Gasteiger partial charge in [-0.05, 0) is 25.5 Å². The number of nitrogen functional groups attached to an aromatic ring is 1. The summed E-state index contributed by atoms with van der Waals surface area (Å²) in [5.74, 6) is 2.07. The van der Waals surface area contributed by atoms with E-state index in [0.717, 1.165) is 24.5 Å². The number of hydrogen-bond donors (Lipinski definition) is 2. The predicted molar refractivity (Wildman–Crippen MR) is 102 cm³/mol. The lowest BCUT2D eigenvalue weighted by atomic mass is 10.1. The summed E-state index contributed by atoms with van der Waals surface area (Å²) in [6.45, 7) is 6.48. The van der Waals surface area contributed by atoms with Crippen LogP contribution < -0.4 is 15.4 Å². The average Bonchev–Trinajstić information content (AvgIpc) is 2.68. The van der Waals surface area contributed by atoms with Crippen molar-refractivity contribution >= 4 is 22.5 Å². The lowest BCUT2D eigenvalue weighted by molar-refractivity contribution is 0.122. The van der Waals surface area contributed by atoms with Gasteiger partial charge in [0.05, 0.1) is 18.7 Å². The number of pyridine rings is 1. The first-order valence-corrected chi connectivity index (χ1v) is 8.75. The molecule has 3 N–H and O–H groups in total. The van der Waals surface area contributed by atoms with Crippen molar-refractivity contribution in [3.63, 3.8) is 0 Å². The maximum atomic E-state index is 10.1. The predicted octanol–water partition coefficient (Wildman–Crippen LogP) is 2.56. The molecule has 0 spiro atoms. The minimum absolute atomic E-state index is 0.161. The lowest BCUT2D eigenvalue weighted by Gasteiger charge is -2.28. The highest BCUT2D eigenvalue weighted by atomic mass is 16.5. The Bertz CT molecular complexity index is 1000. The Balaban J connectivity index is 1.86. The highest BCUT2D eigenvalue weighted by molar-refractivity contribution is 5.94. The first-order valence-electron chi connectivity index (χ1n) is 8.75. The SMILES string of the molecule is Cc1ccc(O)c(C)c1Oc1nc(N2CCOCC2)cc2ncnc(N)c12. The Labute approximate surface area is 156 Å². The molecule has 0 atom stereocenters. The second-order valence-corrected chi connectivity index (χ2v) is 6.50. The Morgan fingerprint density at radius 3 is 2.74 bits per heavy atom. The van der Waals surface area contributed by atoms with Crippen LogP contribution >= 0.6 is 0 Å². The summed E-state index contributed by atoms with van der Waals surface area (Å²) in [5, 5.41) is 10.6. The maximum Gasteiger partial charge on any atom is 0.234 e. The molecule has 0 bridgehead atoms. The van der Waals surface area contributed by atoms with Crippen molar-refractivity contribution in [2.24, 2.45) is 0 Å². The number of morpholine rings is 1. The number of hydrogen-bond acceptors (Lipinski definition) is 8. The summed E-state index contributed by atoms with van der Waals surface area (Å²) < 4.78 is 11.6. The molecule has 27 heavy (non-hydrogen) atoms. The van der Waals surface area contributed by atoms with Crippen molar-refractivity contribution < 1.29 is 14.6 Å². The number of anilines is 2. The number of rotatable bonds is 3. The van der Waals surface area contributed by atoms with Crippen LogP contribution in [-0.4, -0.2) is 46.4 Å². The number of aryl methyl sites for hydroxylation is 1. The van der Waals surface area contributed by atoms with Crippen molar-refractivity contribution in [1.29, 1.82) is 0 Å². The third-order valence-corrected chi connectivity index (χ3v) is 4.71. The van der Waals surface area contributed by atoms with Crippen LogP contribution in [0, 0.1) is 13.8 Å². The van der Waals surface area contributed by atoms with E-state index in [4.69, 9.17) is 20.2 Å². The first kappa shape index (κ1) is 17.3. The van der Waals surface area contributed by atoms with Gasteiger partial charge in [-0.3, -0.25) is 0 Å². The molecule has 1 saturated heterocycles. The van der Waals surface area contributed by atoms with Crippen LogP contribution in [0.5, 0.6) is 17.4 Å². The molecule has 8 nitrogen and oxygen atoms in total. The smallest absolute Gasteiger partial charge is 0.234 e. The molecule has 0 aliphatic carbocycles. The molecule has 3 heterocycles. The van der Waals surface area contributed by atoms with Gasteiger partial charge in [-0.15, -0.1) is 0 Å². The Kier molecular flexibility index (Phi) is 4.41. The van der Waals surface area contributed by atoms with Crippen molar-refractivity contribution in [2.45, 2.75) is 13.8 Å². The van der Waals surface area contributed by atoms with Gasteiger partial charge in [0, 0.05) is 24.7 Å². The van der Waals surface area contributed by atoms with Crippen molar-refractivity contribution in [2.75, 3.05) is 36.9 Å². The molecule has 0 radical (unpaired) electrons. The molecule has 0 amide bonds. The summed E-state index contributed by atoms with van der Waals surface area (Å²) in [6, 6.07) is 5.32. The Morgan fingerprint density at radius 2 is 1.96 bits per heavy atom. The zero-order valence-corrected chi connectivity index (χ0v) is 15.3. The zero-order chi connectivity index (χ0) is 19.0. The number of nitrogens with zero attached hydrogens (tertiary/aromatic N) is 4. The highest BCUT2D eigenvalue weighted by Gasteiger charge is 2.20. The molecule has 2 aromatic heterocycles. The van der Waals surface area contributed by atoms with Crippen molar-refractivity contribution in [3.05, 3.63) is 35.7 Å². The van der Waals surface area contributed by atoms with Crippen LogP contribution in [0.3, 0.4) is 0 Å². The van der Waals surface area contributed by atoms with E-state index in [9.17, 15) is 5.11 Å². The fraction of sp³-hybridized carbons (Fsp3) is 0.316. The number of phenolic OH excluding ortho intramolecular Hbond substituents is 1. The van der Waals surface area contributed by atoms with Gasteiger partial charge in [0.2, 0.25) is 5.88 Å². The molecular weight excluding hydrogens is 346 g/mol. The Hall–Kier alpha value is -3.13. The van der Waals surface area contributed by atoms with E-state index in [1.54, 1.807) is 19.1 Å². The molecule has 8 heteroatoms. The quantitative estimate of drug-likeness (QED) is 0.727. The van der Waals surface area contributed by atoms with Gasteiger partial charge < -0.3 is 25.2 Å². The van der Waals surface area contributed by atoms with Gasteiger partial charge in [0.25, 0.3) is 0 Å². The number of aromatic hydroxyl groups is 1. The third-order valence-electron chi connectivity index (χ3n) is 4.71. The minimum Gasteiger partial charge on any atom is -0.508 e. The van der Waals surface area contributed by atoms with Gasteiger partial charge in [-0.2, -0.15) is 4.98 Å². The van der Waals surface area contributed by atoms with Crippen LogP contribution in [0.1, 0.15) is 11.1 Å². The lowest BCUT2D eigenvalue weighted by Crippen LogP contribution is -2.36. The molecule has 0 unspecified atom stereocenters. The van der Waals surface area contributed by atoms with Crippen LogP contribution in [-0.2, 0) is 4.74 Å². The second-order valence-electron chi connectivity index (χ2n) is 6.50. The largest absolute Gasteiger partial charge is 0.508 e. The molecule has 1 aliphatic heterocycles. The van der Waals surface area contributed by atoms with E-state index < -0.39 is 0 Å². The topological polar surface area (TPSA) is 107 Å². The monoisotopic (exact) mass is 367 g/mol. The molecule has 3 aromatic rings. The van der Waals surface area contributed by atoms with Crippen molar-refractivity contribution in [1.82, 2.24) is 15.0 Å². The number of benzene rings is 1. The molecule has 1 aliphatic rings. The summed E-state index contributed by atoms with van der Waals surface area (Å²) in [4.78, 5) is 15.2. The average molecular weight is 367 g/mol. The Morgan fingerprint density at radius 1 is 1.19 bits per heavy atom. The number of aromatic nitrogens is 3. The van der Waals surface area contributed by atoms with E-state index in [2.05, 4.69) is 14.9 Å². The van der Waals surface area contributed by atoms with Crippen LogP contribution in [0.15, 0.2) is 24.5 Å². The molecular formula is C19H21N5O3. The first-order chi connectivity index (χ1) is 13.0. The standard InChI is InChI=1S/C19H21N5O3/c1-11-3-4-14(25)12(2)17(11)27-19-16-13(21-10-22-18(16)20)9-15(23-19)24-5-7-26-8-6-24/h3-4,9-10,25H,5-8H2,1-2H3,(H2,20,21,22). The van der Waals surface area contributed by atoms with Crippen molar-refractivity contribution in [3.8, 4) is 17.4 Å². The highest BCUT2D eigenvalue weighted by Crippen LogP contribution is 2.38. The van der Waals surface area contributed by atoms with Gasteiger partial charge in [-0.1, -0.05) is 6.07 Å². The number of nitrogens with two attached hydrogens (primary N) is 1. The zero-order valence-electron chi connectivity index (χ0n) is 15.3.